The molecule has 8 heteroatoms. The van der Waals surface area contributed by atoms with Gasteiger partial charge in [0.2, 0.25) is 5.91 Å². The first-order valence-electron chi connectivity index (χ1n) is 8.01. The predicted molar refractivity (Wildman–Crippen MR) is 98.9 cm³/mol. The average Bonchev–Trinajstić information content (AvgIpc) is 3.02. The molecule has 0 unspecified atom stereocenters. The second-order valence-electron chi connectivity index (χ2n) is 6.39. The summed E-state index contributed by atoms with van der Waals surface area (Å²) in [5.41, 5.74) is 0.510. The highest BCUT2D eigenvalue weighted by atomic mass is 32.2. The van der Waals surface area contributed by atoms with Crippen molar-refractivity contribution in [1.29, 1.82) is 0 Å². The Morgan fingerprint density at radius 1 is 1.23 bits per heavy atom. The van der Waals surface area contributed by atoms with Crippen LogP contribution in [0.5, 0.6) is 0 Å². The molecule has 1 aliphatic carbocycles. The van der Waals surface area contributed by atoms with Crippen LogP contribution in [0.2, 0.25) is 0 Å². The second-order valence-corrected chi connectivity index (χ2v) is 9.35. The van der Waals surface area contributed by atoms with Gasteiger partial charge >= 0.3 is 0 Å². The first-order valence-corrected chi connectivity index (χ1v) is 10.8. The van der Waals surface area contributed by atoms with Gasteiger partial charge in [0.05, 0.1) is 20.9 Å². The molecule has 3 aromatic rings. The van der Waals surface area contributed by atoms with Gasteiger partial charge in [-0.15, -0.1) is 11.3 Å². The molecule has 0 spiro atoms. The number of carbonyl (C=O) groups excluding carboxylic acids is 1. The van der Waals surface area contributed by atoms with Crippen LogP contribution in [0.25, 0.3) is 10.6 Å². The molecule has 0 atom stereocenters. The number of sulfone groups is 1. The SMILES string of the molecule is CS(=O)(=O)c1ccc(NC(=O)C2(c3cc(-c4cccs4)on3)CC2)cc1. The van der Waals surface area contributed by atoms with Crippen LogP contribution in [-0.2, 0) is 20.0 Å². The van der Waals surface area contributed by atoms with Crippen molar-refractivity contribution < 1.29 is 17.7 Å². The number of nitrogens with zero attached hydrogens (tertiary/aromatic N) is 1. The summed E-state index contributed by atoms with van der Waals surface area (Å²) in [5, 5.41) is 8.92. The number of hydrogen-bond donors (Lipinski definition) is 1. The van der Waals surface area contributed by atoms with Crippen LogP contribution in [0.3, 0.4) is 0 Å². The fourth-order valence-corrected chi connectivity index (χ4v) is 4.10. The van der Waals surface area contributed by atoms with Crippen LogP contribution in [0.15, 0.2) is 57.3 Å². The van der Waals surface area contributed by atoms with E-state index in [1.54, 1.807) is 23.5 Å². The molecule has 4 rings (SSSR count). The zero-order chi connectivity index (χ0) is 18.4. The number of carbonyl (C=O) groups is 1. The summed E-state index contributed by atoms with van der Waals surface area (Å²) in [6.45, 7) is 0. The first kappa shape index (κ1) is 17.0. The molecule has 134 valence electrons. The minimum absolute atomic E-state index is 0.157. The zero-order valence-electron chi connectivity index (χ0n) is 13.9. The van der Waals surface area contributed by atoms with E-state index in [4.69, 9.17) is 4.52 Å². The normalized spacial score (nSPS) is 15.6. The molecule has 0 aliphatic heterocycles. The van der Waals surface area contributed by atoms with E-state index in [0.29, 0.717) is 30.0 Å². The lowest BCUT2D eigenvalue weighted by Crippen LogP contribution is -2.28. The summed E-state index contributed by atoms with van der Waals surface area (Å²) in [6, 6.07) is 11.8. The van der Waals surface area contributed by atoms with E-state index in [9.17, 15) is 13.2 Å². The molecule has 0 saturated heterocycles. The Hall–Kier alpha value is -2.45. The number of thiophene rings is 1. The van der Waals surface area contributed by atoms with E-state index in [2.05, 4.69) is 10.5 Å². The molecule has 0 bridgehead atoms. The van der Waals surface area contributed by atoms with Gasteiger partial charge in [-0.25, -0.2) is 8.42 Å². The fraction of sp³-hybridized carbons (Fsp3) is 0.222. The van der Waals surface area contributed by atoms with Crippen LogP contribution in [0, 0.1) is 0 Å². The van der Waals surface area contributed by atoms with Crippen LogP contribution >= 0.6 is 11.3 Å². The maximum atomic E-state index is 12.8. The number of benzene rings is 1. The molecule has 6 nitrogen and oxygen atoms in total. The largest absolute Gasteiger partial charge is 0.355 e. The molecular formula is C18H16N2O4S2. The zero-order valence-corrected chi connectivity index (χ0v) is 15.6. The van der Waals surface area contributed by atoms with Crippen molar-refractivity contribution in [1.82, 2.24) is 5.16 Å². The Bertz CT molecular complexity index is 1050. The number of anilines is 1. The monoisotopic (exact) mass is 388 g/mol. The van der Waals surface area contributed by atoms with Gasteiger partial charge in [-0.1, -0.05) is 11.2 Å². The third-order valence-corrected chi connectivity index (χ3v) is 6.50. The van der Waals surface area contributed by atoms with E-state index < -0.39 is 15.3 Å². The van der Waals surface area contributed by atoms with Crippen molar-refractivity contribution >= 4 is 32.8 Å². The van der Waals surface area contributed by atoms with Gasteiger partial charge in [0.15, 0.2) is 15.6 Å². The lowest BCUT2D eigenvalue weighted by atomic mass is 10.0. The summed E-state index contributed by atoms with van der Waals surface area (Å²) in [4.78, 5) is 14.0. The summed E-state index contributed by atoms with van der Waals surface area (Å²) in [6.07, 6.45) is 2.56. The number of hydrogen-bond acceptors (Lipinski definition) is 6. The summed E-state index contributed by atoms with van der Waals surface area (Å²) in [7, 11) is -3.26. The van der Waals surface area contributed by atoms with Crippen molar-refractivity contribution in [2.45, 2.75) is 23.2 Å². The molecule has 1 aromatic carbocycles. The van der Waals surface area contributed by atoms with Gasteiger partial charge in [-0.2, -0.15) is 0 Å². The van der Waals surface area contributed by atoms with E-state index in [1.807, 2.05) is 23.6 Å². The van der Waals surface area contributed by atoms with E-state index >= 15 is 0 Å². The number of nitrogens with one attached hydrogen (secondary N) is 1. The van der Waals surface area contributed by atoms with Gasteiger partial charge < -0.3 is 9.84 Å². The van der Waals surface area contributed by atoms with E-state index in [1.165, 1.54) is 12.1 Å². The number of amides is 1. The molecule has 1 amide bonds. The molecule has 1 saturated carbocycles. The first-order chi connectivity index (χ1) is 12.4. The van der Waals surface area contributed by atoms with Crippen LogP contribution in [-0.4, -0.2) is 25.7 Å². The van der Waals surface area contributed by atoms with E-state index in [0.717, 1.165) is 11.1 Å². The maximum Gasteiger partial charge on any atom is 0.236 e. The van der Waals surface area contributed by atoms with Crippen LogP contribution in [0.4, 0.5) is 5.69 Å². The standard InChI is InChI=1S/C18H16N2O4S2/c1-26(22,23)13-6-4-12(5-7-13)19-17(21)18(8-9-18)16-11-14(24-20-16)15-3-2-10-25-15/h2-7,10-11H,8-9H2,1H3,(H,19,21). The Morgan fingerprint density at radius 3 is 2.54 bits per heavy atom. The Morgan fingerprint density at radius 2 is 1.96 bits per heavy atom. The highest BCUT2D eigenvalue weighted by molar-refractivity contribution is 7.90. The van der Waals surface area contributed by atoms with Crippen molar-refractivity contribution in [2.24, 2.45) is 0 Å². The fourth-order valence-electron chi connectivity index (χ4n) is 2.80. The molecular weight excluding hydrogens is 372 g/mol. The summed E-state index contributed by atoms with van der Waals surface area (Å²) in [5.74, 6) is 0.502. The molecule has 26 heavy (non-hydrogen) atoms. The van der Waals surface area contributed by atoms with Crippen molar-refractivity contribution in [3.8, 4) is 10.6 Å². The van der Waals surface area contributed by atoms with Gasteiger partial charge in [0.25, 0.3) is 0 Å². The highest BCUT2D eigenvalue weighted by Gasteiger charge is 2.53. The molecule has 2 heterocycles. The quantitative estimate of drug-likeness (QED) is 0.723. The van der Waals surface area contributed by atoms with Crippen molar-refractivity contribution in [3.05, 3.63) is 53.5 Å². The summed E-state index contributed by atoms with van der Waals surface area (Å²) >= 11 is 1.55. The Kier molecular flexibility index (Phi) is 3.96. The number of aromatic nitrogens is 1. The summed E-state index contributed by atoms with van der Waals surface area (Å²) < 4.78 is 28.4. The lowest BCUT2D eigenvalue weighted by molar-refractivity contribution is -0.118. The molecule has 0 radical (unpaired) electrons. The molecule has 1 N–H and O–H groups in total. The second kappa shape index (κ2) is 6.07. The van der Waals surface area contributed by atoms with Gasteiger partial charge in [0, 0.05) is 18.0 Å². The lowest BCUT2D eigenvalue weighted by Gasteiger charge is -2.12. The Labute approximate surface area is 154 Å². The van der Waals surface area contributed by atoms with Crippen molar-refractivity contribution in [2.75, 3.05) is 11.6 Å². The van der Waals surface area contributed by atoms with Crippen molar-refractivity contribution in [3.63, 3.8) is 0 Å². The molecule has 1 aliphatic rings. The Balaban J connectivity index is 1.53. The van der Waals surface area contributed by atoms with Crippen LogP contribution < -0.4 is 5.32 Å². The molecule has 1 fully saturated rings. The van der Waals surface area contributed by atoms with Gasteiger partial charge in [-0.05, 0) is 48.6 Å². The maximum absolute atomic E-state index is 12.8. The predicted octanol–water partition coefficient (Wildman–Crippen LogP) is 3.48. The van der Waals surface area contributed by atoms with Gasteiger partial charge in [0.1, 0.15) is 0 Å². The third kappa shape index (κ3) is 3.06. The smallest absolute Gasteiger partial charge is 0.236 e. The minimum Gasteiger partial charge on any atom is -0.355 e. The van der Waals surface area contributed by atoms with Crippen LogP contribution in [0.1, 0.15) is 18.5 Å². The average molecular weight is 388 g/mol. The minimum atomic E-state index is -3.26. The van der Waals surface area contributed by atoms with E-state index in [-0.39, 0.29) is 10.8 Å². The van der Waals surface area contributed by atoms with Gasteiger partial charge in [-0.3, -0.25) is 4.79 Å². The third-order valence-electron chi connectivity index (χ3n) is 4.49. The number of rotatable bonds is 5. The topological polar surface area (TPSA) is 89.3 Å². The highest BCUT2D eigenvalue weighted by Crippen LogP contribution is 2.49. The molecule has 2 aromatic heterocycles.